The van der Waals surface area contributed by atoms with Crippen LogP contribution in [0.15, 0.2) is 76.0 Å². The van der Waals surface area contributed by atoms with Gasteiger partial charge in [0.1, 0.15) is 11.3 Å². The molecule has 2 N–H and O–H groups in total. The van der Waals surface area contributed by atoms with E-state index in [9.17, 15) is 9.90 Å². The SMILES string of the molecule is COc1cc(-c2oc3ccc(CC(=O)Nc4ccccc4)cc3c2SC)ccc1O. The predicted molar refractivity (Wildman–Crippen MR) is 120 cm³/mol. The Morgan fingerprint density at radius 3 is 2.63 bits per heavy atom. The fourth-order valence-electron chi connectivity index (χ4n) is 3.36. The number of aromatic hydroxyl groups is 1. The topological polar surface area (TPSA) is 71.7 Å². The number of carbonyl (C=O) groups excluding carboxylic acids is 1. The van der Waals surface area contributed by atoms with E-state index < -0.39 is 0 Å². The Balaban J connectivity index is 1.65. The summed E-state index contributed by atoms with van der Waals surface area (Å²) >= 11 is 1.58. The standard InChI is InChI=1S/C24H21NO4S/c1-28-21-14-16(9-10-19(21)26)23-24(30-2)18-12-15(8-11-20(18)29-23)13-22(27)25-17-6-4-3-5-7-17/h3-12,14,26H,13H2,1-2H3,(H,25,27). The highest BCUT2D eigenvalue weighted by Crippen LogP contribution is 2.41. The van der Waals surface area contributed by atoms with Crippen molar-refractivity contribution in [2.75, 3.05) is 18.7 Å². The van der Waals surface area contributed by atoms with Crippen LogP contribution in [0.4, 0.5) is 5.69 Å². The number of anilines is 1. The minimum Gasteiger partial charge on any atom is -0.504 e. The molecule has 0 saturated heterocycles. The summed E-state index contributed by atoms with van der Waals surface area (Å²) in [5, 5.41) is 13.7. The molecule has 0 fully saturated rings. The van der Waals surface area contributed by atoms with Crippen molar-refractivity contribution in [1.82, 2.24) is 0 Å². The lowest BCUT2D eigenvalue weighted by atomic mass is 10.1. The van der Waals surface area contributed by atoms with E-state index in [0.29, 0.717) is 11.5 Å². The summed E-state index contributed by atoms with van der Waals surface area (Å²) in [6, 6.07) is 20.3. The number of hydrogen-bond donors (Lipinski definition) is 2. The van der Waals surface area contributed by atoms with Crippen molar-refractivity contribution in [3.63, 3.8) is 0 Å². The van der Waals surface area contributed by atoms with Crippen LogP contribution in [-0.2, 0) is 11.2 Å². The van der Waals surface area contributed by atoms with Crippen molar-refractivity contribution < 1.29 is 19.1 Å². The fraction of sp³-hybridized carbons (Fsp3) is 0.125. The first-order valence-electron chi connectivity index (χ1n) is 9.40. The van der Waals surface area contributed by atoms with E-state index in [-0.39, 0.29) is 18.1 Å². The molecule has 0 saturated carbocycles. The third-order valence-corrected chi connectivity index (χ3v) is 5.59. The summed E-state index contributed by atoms with van der Waals surface area (Å²) < 4.78 is 11.3. The number of hydrogen-bond acceptors (Lipinski definition) is 5. The Bertz CT molecular complexity index is 1200. The highest BCUT2D eigenvalue weighted by atomic mass is 32.2. The van der Waals surface area contributed by atoms with Crippen LogP contribution in [0, 0.1) is 0 Å². The normalized spacial score (nSPS) is 10.9. The van der Waals surface area contributed by atoms with Crippen molar-refractivity contribution in [2.24, 2.45) is 0 Å². The maximum absolute atomic E-state index is 12.4. The Morgan fingerprint density at radius 2 is 1.90 bits per heavy atom. The number of phenols is 1. The molecule has 6 heteroatoms. The monoisotopic (exact) mass is 419 g/mol. The second-order valence-corrected chi connectivity index (χ2v) is 7.59. The zero-order valence-corrected chi connectivity index (χ0v) is 17.5. The van der Waals surface area contributed by atoms with E-state index in [1.165, 1.54) is 7.11 Å². The van der Waals surface area contributed by atoms with Crippen molar-refractivity contribution in [2.45, 2.75) is 11.3 Å². The minimum absolute atomic E-state index is 0.0711. The molecule has 1 heterocycles. The van der Waals surface area contributed by atoms with Gasteiger partial charge in [0, 0.05) is 16.6 Å². The van der Waals surface area contributed by atoms with Crippen LogP contribution in [0.5, 0.6) is 11.5 Å². The van der Waals surface area contributed by atoms with Crippen LogP contribution in [0.3, 0.4) is 0 Å². The first-order valence-corrected chi connectivity index (χ1v) is 10.6. The largest absolute Gasteiger partial charge is 0.504 e. The van der Waals surface area contributed by atoms with Gasteiger partial charge in [-0.15, -0.1) is 11.8 Å². The van der Waals surface area contributed by atoms with Crippen LogP contribution >= 0.6 is 11.8 Å². The number of para-hydroxylation sites is 1. The molecule has 0 aliphatic heterocycles. The van der Waals surface area contributed by atoms with Crippen molar-refractivity contribution >= 4 is 34.3 Å². The van der Waals surface area contributed by atoms with Gasteiger partial charge < -0.3 is 19.6 Å². The third-order valence-electron chi connectivity index (χ3n) is 4.78. The van der Waals surface area contributed by atoms with Gasteiger partial charge in [0.25, 0.3) is 0 Å². The summed E-state index contributed by atoms with van der Waals surface area (Å²) in [6.07, 6.45) is 2.26. The zero-order chi connectivity index (χ0) is 21.1. The number of nitrogens with one attached hydrogen (secondary N) is 1. The Hall–Kier alpha value is -3.38. The van der Waals surface area contributed by atoms with E-state index in [0.717, 1.165) is 32.7 Å². The van der Waals surface area contributed by atoms with Crippen LogP contribution < -0.4 is 10.1 Å². The van der Waals surface area contributed by atoms with Crippen molar-refractivity contribution in [1.29, 1.82) is 0 Å². The number of ether oxygens (including phenoxy) is 1. The lowest BCUT2D eigenvalue weighted by Gasteiger charge is -2.06. The molecule has 0 radical (unpaired) electrons. The third kappa shape index (κ3) is 4.00. The lowest BCUT2D eigenvalue weighted by Crippen LogP contribution is -2.14. The number of methoxy groups -OCH3 is 1. The van der Waals surface area contributed by atoms with Crippen LogP contribution in [0.1, 0.15) is 5.56 Å². The summed E-state index contributed by atoms with van der Waals surface area (Å²) in [5.74, 6) is 1.10. The van der Waals surface area contributed by atoms with Gasteiger partial charge in [-0.25, -0.2) is 0 Å². The Labute approximate surface area is 178 Å². The molecule has 0 aliphatic rings. The van der Waals surface area contributed by atoms with Gasteiger partial charge in [-0.05, 0) is 54.3 Å². The number of thioether (sulfide) groups is 1. The lowest BCUT2D eigenvalue weighted by molar-refractivity contribution is -0.115. The quantitative estimate of drug-likeness (QED) is 0.391. The Kier molecular flexibility index (Phi) is 5.68. The molecule has 0 spiro atoms. The molecule has 0 atom stereocenters. The van der Waals surface area contributed by atoms with Gasteiger partial charge in [0.15, 0.2) is 11.5 Å². The van der Waals surface area contributed by atoms with Gasteiger partial charge in [0.05, 0.1) is 18.4 Å². The van der Waals surface area contributed by atoms with Gasteiger partial charge in [-0.2, -0.15) is 0 Å². The molecule has 4 rings (SSSR count). The molecule has 30 heavy (non-hydrogen) atoms. The van der Waals surface area contributed by atoms with Gasteiger partial charge in [-0.1, -0.05) is 24.3 Å². The highest BCUT2D eigenvalue weighted by molar-refractivity contribution is 7.99. The Morgan fingerprint density at radius 1 is 1.10 bits per heavy atom. The van der Waals surface area contributed by atoms with Crippen LogP contribution in [0.25, 0.3) is 22.3 Å². The molecule has 0 unspecified atom stereocenters. The summed E-state index contributed by atoms with van der Waals surface area (Å²) in [7, 11) is 1.51. The molecule has 5 nitrogen and oxygen atoms in total. The molecule has 0 bridgehead atoms. The van der Waals surface area contributed by atoms with E-state index in [4.69, 9.17) is 9.15 Å². The number of amides is 1. The maximum Gasteiger partial charge on any atom is 0.228 e. The molecular formula is C24H21NO4S. The van der Waals surface area contributed by atoms with Crippen LogP contribution in [-0.4, -0.2) is 24.4 Å². The maximum atomic E-state index is 12.4. The first kappa shape index (κ1) is 19.9. The molecule has 3 aromatic carbocycles. The fourth-order valence-corrected chi connectivity index (χ4v) is 4.08. The molecule has 1 amide bonds. The number of carbonyl (C=O) groups is 1. The summed E-state index contributed by atoms with van der Waals surface area (Å²) in [6.45, 7) is 0. The van der Waals surface area contributed by atoms with Gasteiger partial charge in [0.2, 0.25) is 5.91 Å². The second-order valence-electron chi connectivity index (χ2n) is 6.77. The summed E-state index contributed by atoms with van der Waals surface area (Å²) in [4.78, 5) is 13.4. The highest BCUT2D eigenvalue weighted by Gasteiger charge is 2.18. The van der Waals surface area contributed by atoms with Gasteiger partial charge >= 0.3 is 0 Å². The molecular weight excluding hydrogens is 398 g/mol. The smallest absolute Gasteiger partial charge is 0.228 e. The van der Waals surface area contributed by atoms with Crippen LogP contribution in [0.2, 0.25) is 0 Å². The van der Waals surface area contributed by atoms with E-state index in [2.05, 4.69) is 5.32 Å². The molecule has 1 aromatic heterocycles. The predicted octanol–water partition coefficient (Wildman–Crippen LogP) is 5.72. The number of phenolic OH excluding ortho intramolecular Hbond substituents is 1. The van der Waals surface area contributed by atoms with Gasteiger partial charge in [-0.3, -0.25) is 4.79 Å². The average molecular weight is 420 g/mol. The van der Waals surface area contributed by atoms with E-state index in [1.807, 2.05) is 54.8 Å². The molecule has 4 aromatic rings. The average Bonchev–Trinajstić information content (AvgIpc) is 3.12. The number of furan rings is 1. The molecule has 0 aliphatic carbocycles. The van der Waals surface area contributed by atoms with Crippen molar-refractivity contribution in [3.8, 4) is 22.8 Å². The summed E-state index contributed by atoms with van der Waals surface area (Å²) in [5.41, 5.74) is 3.24. The zero-order valence-electron chi connectivity index (χ0n) is 16.6. The van der Waals surface area contributed by atoms with E-state index >= 15 is 0 Å². The number of benzene rings is 3. The number of fused-ring (bicyclic) bond motifs is 1. The first-order chi connectivity index (χ1) is 14.6. The van der Waals surface area contributed by atoms with E-state index in [1.54, 1.807) is 30.0 Å². The number of rotatable bonds is 6. The van der Waals surface area contributed by atoms with Crippen molar-refractivity contribution in [3.05, 3.63) is 72.3 Å². The second kappa shape index (κ2) is 8.55. The minimum atomic E-state index is -0.0711. The molecule has 152 valence electrons.